The zero-order chi connectivity index (χ0) is 14.4. The number of nitro groups is 1. The molecule has 1 aromatic heterocycles. The Morgan fingerprint density at radius 1 is 1.63 bits per heavy atom. The van der Waals surface area contributed by atoms with Crippen molar-refractivity contribution in [3.8, 4) is 0 Å². The van der Waals surface area contributed by atoms with E-state index in [0.717, 1.165) is 12.3 Å². The summed E-state index contributed by atoms with van der Waals surface area (Å²) in [6.07, 6.45) is 2.35. The molecule has 0 spiro atoms. The minimum Gasteiger partial charge on any atom is -0.395 e. The van der Waals surface area contributed by atoms with Gasteiger partial charge >= 0.3 is 0 Å². The lowest BCUT2D eigenvalue weighted by molar-refractivity contribution is -0.385. The smallest absolute Gasteiger partial charge is 0.286 e. The average Bonchev–Trinajstić information content (AvgIpc) is 2.38. The standard InChI is InChI=1S/C11H13N3O5/c1-2-3-13(4-5-15)11(17)9-6-8(14(18)19)7-12-10(9)16/h2,6-7,15H,1,3-5H2,(H,12,16). The van der Waals surface area contributed by atoms with Gasteiger partial charge in [-0.2, -0.15) is 0 Å². The molecule has 0 aliphatic carbocycles. The number of nitrogens with one attached hydrogen (secondary N) is 1. The SMILES string of the molecule is C=CCN(CCO)C(=O)c1cc([N+](=O)[O-])c[nH]c1=O. The molecule has 0 bridgehead atoms. The molecular formula is C11H13N3O5. The number of rotatable bonds is 6. The first-order chi connectivity index (χ1) is 9.01. The van der Waals surface area contributed by atoms with Crippen molar-refractivity contribution in [3.63, 3.8) is 0 Å². The number of aliphatic hydroxyl groups is 1. The minimum absolute atomic E-state index is 0.00693. The number of aliphatic hydroxyl groups excluding tert-OH is 1. The summed E-state index contributed by atoms with van der Waals surface area (Å²) in [5.74, 6) is -0.695. The summed E-state index contributed by atoms with van der Waals surface area (Å²) in [5.41, 5.74) is -1.45. The van der Waals surface area contributed by atoms with Gasteiger partial charge in [0.2, 0.25) is 0 Å². The lowest BCUT2D eigenvalue weighted by atomic mass is 10.2. The van der Waals surface area contributed by atoms with Gasteiger partial charge in [-0.1, -0.05) is 6.08 Å². The predicted octanol–water partition coefficient (Wildman–Crippen LogP) is -0.0964. The fourth-order valence-electron chi connectivity index (χ4n) is 1.46. The van der Waals surface area contributed by atoms with Crippen molar-refractivity contribution in [2.75, 3.05) is 19.7 Å². The van der Waals surface area contributed by atoms with E-state index in [-0.39, 0.29) is 30.9 Å². The third kappa shape index (κ3) is 3.49. The van der Waals surface area contributed by atoms with Gasteiger partial charge < -0.3 is 15.0 Å². The van der Waals surface area contributed by atoms with Crippen molar-refractivity contribution in [1.82, 2.24) is 9.88 Å². The van der Waals surface area contributed by atoms with E-state index in [1.54, 1.807) is 0 Å². The van der Waals surface area contributed by atoms with Gasteiger partial charge in [0.05, 0.1) is 17.7 Å². The van der Waals surface area contributed by atoms with E-state index in [1.165, 1.54) is 11.0 Å². The normalized spacial score (nSPS) is 9.95. The maximum atomic E-state index is 12.0. The second kappa shape index (κ2) is 6.45. The number of aromatic nitrogens is 1. The molecule has 2 N–H and O–H groups in total. The van der Waals surface area contributed by atoms with Crippen LogP contribution in [-0.4, -0.2) is 45.5 Å². The number of hydrogen-bond donors (Lipinski definition) is 2. The molecule has 0 atom stereocenters. The van der Waals surface area contributed by atoms with Gasteiger partial charge in [0.15, 0.2) is 0 Å². The van der Waals surface area contributed by atoms with E-state index in [1.807, 2.05) is 0 Å². The Kier molecular flexibility index (Phi) is 4.95. The Balaban J connectivity index is 3.15. The molecule has 0 aliphatic heterocycles. The molecule has 0 saturated heterocycles. The van der Waals surface area contributed by atoms with E-state index in [2.05, 4.69) is 11.6 Å². The highest BCUT2D eigenvalue weighted by atomic mass is 16.6. The van der Waals surface area contributed by atoms with Gasteiger partial charge in [-0.25, -0.2) is 0 Å². The summed E-state index contributed by atoms with van der Waals surface area (Å²) in [6, 6.07) is 0.911. The van der Waals surface area contributed by atoms with Crippen LogP contribution in [0.25, 0.3) is 0 Å². The quantitative estimate of drug-likeness (QED) is 0.424. The number of hydrogen-bond acceptors (Lipinski definition) is 5. The van der Waals surface area contributed by atoms with Crippen LogP contribution in [0.3, 0.4) is 0 Å². The molecule has 0 saturated carbocycles. The van der Waals surface area contributed by atoms with Crippen LogP contribution in [0.2, 0.25) is 0 Å². The van der Waals surface area contributed by atoms with Crippen LogP contribution >= 0.6 is 0 Å². The highest BCUT2D eigenvalue weighted by Crippen LogP contribution is 2.10. The Hall–Kier alpha value is -2.48. The van der Waals surface area contributed by atoms with Crippen molar-refractivity contribution < 1.29 is 14.8 Å². The molecule has 102 valence electrons. The molecule has 0 aliphatic rings. The van der Waals surface area contributed by atoms with Gasteiger partial charge in [0.1, 0.15) is 5.56 Å². The van der Waals surface area contributed by atoms with Gasteiger partial charge in [-0.15, -0.1) is 6.58 Å². The zero-order valence-electron chi connectivity index (χ0n) is 10.0. The number of nitrogens with zero attached hydrogens (tertiary/aromatic N) is 2. The predicted molar refractivity (Wildman–Crippen MR) is 66.9 cm³/mol. The fraction of sp³-hybridized carbons (Fsp3) is 0.273. The number of pyridine rings is 1. The lowest BCUT2D eigenvalue weighted by Crippen LogP contribution is -2.36. The molecule has 1 amide bonds. The molecule has 8 heteroatoms. The summed E-state index contributed by atoms with van der Waals surface area (Å²) in [5, 5.41) is 19.5. The largest absolute Gasteiger partial charge is 0.395 e. The first kappa shape index (κ1) is 14.6. The molecule has 8 nitrogen and oxygen atoms in total. The molecule has 1 heterocycles. The number of aromatic amines is 1. The molecule has 0 aromatic carbocycles. The van der Waals surface area contributed by atoms with Crippen molar-refractivity contribution in [2.24, 2.45) is 0 Å². The molecule has 0 radical (unpaired) electrons. The number of amides is 1. The van der Waals surface area contributed by atoms with Gasteiger partial charge in [-0.3, -0.25) is 19.7 Å². The van der Waals surface area contributed by atoms with E-state index in [0.29, 0.717) is 0 Å². The highest BCUT2D eigenvalue weighted by Gasteiger charge is 2.20. The highest BCUT2D eigenvalue weighted by molar-refractivity contribution is 5.94. The third-order valence-electron chi connectivity index (χ3n) is 2.34. The molecule has 1 aromatic rings. The molecule has 0 unspecified atom stereocenters. The van der Waals surface area contributed by atoms with Gasteiger partial charge in [0.25, 0.3) is 17.2 Å². The first-order valence-corrected chi connectivity index (χ1v) is 5.39. The summed E-state index contributed by atoms with van der Waals surface area (Å²) < 4.78 is 0. The van der Waals surface area contributed by atoms with Crippen molar-refractivity contribution in [3.05, 3.63) is 50.9 Å². The molecule has 0 fully saturated rings. The van der Waals surface area contributed by atoms with E-state index in [4.69, 9.17) is 5.11 Å². The Labute approximate surface area is 108 Å². The summed E-state index contributed by atoms with van der Waals surface area (Å²) in [7, 11) is 0. The average molecular weight is 267 g/mol. The fourth-order valence-corrected chi connectivity index (χ4v) is 1.46. The topological polar surface area (TPSA) is 117 Å². The second-order valence-corrected chi connectivity index (χ2v) is 3.62. The summed E-state index contributed by atoms with van der Waals surface area (Å²) in [6.45, 7) is 3.31. The van der Waals surface area contributed by atoms with E-state index >= 15 is 0 Å². The first-order valence-electron chi connectivity index (χ1n) is 5.39. The maximum absolute atomic E-state index is 12.0. The molecule has 1 rings (SSSR count). The van der Waals surface area contributed by atoms with Crippen molar-refractivity contribution >= 4 is 11.6 Å². The Morgan fingerprint density at radius 2 is 2.32 bits per heavy atom. The molecule has 19 heavy (non-hydrogen) atoms. The van der Waals surface area contributed by atoms with Crippen molar-refractivity contribution in [1.29, 1.82) is 0 Å². The number of carbonyl (C=O) groups is 1. The molecular weight excluding hydrogens is 254 g/mol. The summed E-state index contributed by atoms with van der Waals surface area (Å²) >= 11 is 0. The maximum Gasteiger partial charge on any atom is 0.286 e. The van der Waals surface area contributed by atoms with Crippen LogP contribution in [0.15, 0.2) is 29.7 Å². The van der Waals surface area contributed by atoms with Gasteiger partial charge in [-0.05, 0) is 0 Å². The number of H-pyrrole nitrogens is 1. The van der Waals surface area contributed by atoms with Crippen molar-refractivity contribution in [2.45, 2.75) is 0 Å². The minimum atomic E-state index is -0.720. The van der Waals surface area contributed by atoms with E-state index in [9.17, 15) is 19.7 Å². The summed E-state index contributed by atoms with van der Waals surface area (Å²) in [4.78, 5) is 36.8. The van der Waals surface area contributed by atoms with Crippen LogP contribution in [-0.2, 0) is 0 Å². The van der Waals surface area contributed by atoms with Crippen LogP contribution in [0.4, 0.5) is 5.69 Å². The van der Waals surface area contributed by atoms with Gasteiger partial charge in [0, 0.05) is 19.2 Å². The Bertz CT molecular complexity index is 552. The van der Waals surface area contributed by atoms with Crippen LogP contribution in [0.5, 0.6) is 0 Å². The second-order valence-electron chi connectivity index (χ2n) is 3.62. The lowest BCUT2D eigenvalue weighted by Gasteiger charge is -2.19. The van der Waals surface area contributed by atoms with E-state index < -0.39 is 16.4 Å². The Morgan fingerprint density at radius 3 is 2.84 bits per heavy atom. The van der Waals surface area contributed by atoms with Crippen LogP contribution < -0.4 is 5.56 Å². The number of carbonyl (C=O) groups excluding carboxylic acids is 1. The zero-order valence-corrected chi connectivity index (χ0v) is 10.0. The monoisotopic (exact) mass is 267 g/mol. The van der Waals surface area contributed by atoms with Crippen LogP contribution in [0, 0.1) is 10.1 Å². The third-order valence-corrected chi connectivity index (χ3v) is 2.34. The van der Waals surface area contributed by atoms with Crippen LogP contribution in [0.1, 0.15) is 10.4 Å².